The normalized spacial score (nSPS) is 20.0. The van der Waals surface area contributed by atoms with Gasteiger partial charge in [-0.1, -0.05) is 29.3 Å². The first-order valence-electron chi connectivity index (χ1n) is 7.71. The van der Waals surface area contributed by atoms with E-state index in [0.717, 1.165) is 31.1 Å². The Morgan fingerprint density at radius 1 is 1.09 bits per heavy atom. The number of nitrogens with one attached hydrogen (secondary N) is 1. The SMILES string of the molecule is Cl.Fc1ccc(CN2CCC(NCC3CC3)CC2)c(Cl)c1Cl. The average molecular weight is 368 g/mol. The van der Waals surface area contributed by atoms with Crippen LogP contribution in [0.5, 0.6) is 0 Å². The van der Waals surface area contributed by atoms with E-state index in [4.69, 9.17) is 23.2 Å². The molecule has 2 nitrogen and oxygen atoms in total. The molecule has 1 N–H and O–H groups in total. The zero-order valence-electron chi connectivity index (χ0n) is 12.5. The Kier molecular flexibility index (Phi) is 6.78. The van der Waals surface area contributed by atoms with Crippen LogP contribution in [0.2, 0.25) is 10.0 Å². The van der Waals surface area contributed by atoms with Crippen LogP contribution in [0, 0.1) is 11.7 Å². The summed E-state index contributed by atoms with van der Waals surface area (Å²) in [6.07, 6.45) is 5.13. The molecule has 22 heavy (non-hydrogen) atoms. The van der Waals surface area contributed by atoms with E-state index in [1.165, 1.54) is 38.3 Å². The minimum Gasteiger partial charge on any atom is -0.314 e. The monoisotopic (exact) mass is 366 g/mol. The Morgan fingerprint density at radius 2 is 1.77 bits per heavy atom. The summed E-state index contributed by atoms with van der Waals surface area (Å²) in [6, 6.07) is 3.78. The van der Waals surface area contributed by atoms with Gasteiger partial charge in [-0.15, -0.1) is 12.4 Å². The molecule has 0 atom stereocenters. The highest BCUT2D eigenvalue weighted by Crippen LogP contribution is 2.30. The van der Waals surface area contributed by atoms with Crippen LogP contribution in [0.3, 0.4) is 0 Å². The van der Waals surface area contributed by atoms with Gasteiger partial charge in [0.1, 0.15) is 5.82 Å². The van der Waals surface area contributed by atoms with Crippen LogP contribution in [0.4, 0.5) is 4.39 Å². The number of nitrogens with zero attached hydrogens (tertiary/aromatic N) is 1. The van der Waals surface area contributed by atoms with Crippen LogP contribution in [0.25, 0.3) is 0 Å². The van der Waals surface area contributed by atoms with E-state index < -0.39 is 5.82 Å². The predicted molar refractivity (Wildman–Crippen MR) is 92.7 cm³/mol. The van der Waals surface area contributed by atoms with Crippen LogP contribution in [0.1, 0.15) is 31.2 Å². The van der Waals surface area contributed by atoms with Gasteiger partial charge in [0.05, 0.1) is 10.0 Å². The van der Waals surface area contributed by atoms with Gasteiger partial charge >= 0.3 is 0 Å². The second kappa shape index (κ2) is 8.16. The van der Waals surface area contributed by atoms with Crippen molar-refractivity contribution in [1.82, 2.24) is 10.2 Å². The van der Waals surface area contributed by atoms with Crippen molar-refractivity contribution in [3.63, 3.8) is 0 Å². The highest BCUT2D eigenvalue weighted by molar-refractivity contribution is 6.42. The third-order valence-electron chi connectivity index (χ3n) is 4.49. The molecule has 3 rings (SSSR count). The fourth-order valence-corrected chi connectivity index (χ4v) is 3.28. The van der Waals surface area contributed by atoms with Crippen molar-refractivity contribution in [2.24, 2.45) is 5.92 Å². The molecule has 6 heteroatoms. The van der Waals surface area contributed by atoms with Crippen LogP contribution in [0.15, 0.2) is 12.1 Å². The Bertz CT molecular complexity index is 500. The maximum absolute atomic E-state index is 13.3. The number of halogens is 4. The van der Waals surface area contributed by atoms with Gasteiger partial charge in [-0.2, -0.15) is 0 Å². The lowest BCUT2D eigenvalue weighted by molar-refractivity contribution is 0.190. The number of rotatable bonds is 5. The van der Waals surface area contributed by atoms with Gasteiger partial charge in [-0.05, 0) is 62.9 Å². The summed E-state index contributed by atoms with van der Waals surface area (Å²) in [6.45, 7) is 4.03. The molecule has 0 spiro atoms. The van der Waals surface area contributed by atoms with E-state index in [1.807, 2.05) is 0 Å². The van der Waals surface area contributed by atoms with Crippen LogP contribution >= 0.6 is 35.6 Å². The van der Waals surface area contributed by atoms with Gasteiger partial charge in [0.15, 0.2) is 0 Å². The lowest BCUT2D eigenvalue weighted by Crippen LogP contribution is -2.42. The van der Waals surface area contributed by atoms with E-state index in [0.29, 0.717) is 11.1 Å². The number of hydrogen-bond acceptors (Lipinski definition) is 2. The van der Waals surface area contributed by atoms with Crippen molar-refractivity contribution in [3.05, 3.63) is 33.6 Å². The molecule has 0 radical (unpaired) electrons. The van der Waals surface area contributed by atoms with Crippen molar-refractivity contribution in [3.8, 4) is 0 Å². The summed E-state index contributed by atoms with van der Waals surface area (Å²) < 4.78 is 13.3. The topological polar surface area (TPSA) is 15.3 Å². The molecule has 1 aromatic carbocycles. The zero-order valence-corrected chi connectivity index (χ0v) is 14.8. The zero-order chi connectivity index (χ0) is 14.8. The molecular formula is C16H22Cl3FN2. The molecule has 1 aliphatic heterocycles. The van der Waals surface area contributed by atoms with Gasteiger partial charge in [-0.3, -0.25) is 4.90 Å². The van der Waals surface area contributed by atoms with Crippen molar-refractivity contribution in [1.29, 1.82) is 0 Å². The van der Waals surface area contributed by atoms with Gasteiger partial charge in [0.2, 0.25) is 0 Å². The molecule has 0 amide bonds. The molecular weight excluding hydrogens is 346 g/mol. The van der Waals surface area contributed by atoms with E-state index >= 15 is 0 Å². The molecule has 1 aromatic rings. The lowest BCUT2D eigenvalue weighted by Gasteiger charge is -2.32. The highest BCUT2D eigenvalue weighted by Gasteiger charge is 2.24. The van der Waals surface area contributed by atoms with Crippen molar-refractivity contribution < 1.29 is 4.39 Å². The molecule has 0 aromatic heterocycles. The first-order chi connectivity index (χ1) is 10.1. The van der Waals surface area contributed by atoms with E-state index in [2.05, 4.69) is 10.2 Å². The third kappa shape index (κ3) is 4.72. The van der Waals surface area contributed by atoms with Gasteiger partial charge < -0.3 is 5.32 Å². The Balaban J connectivity index is 0.00000176. The molecule has 124 valence electrons. The first-order valence-corrected chi connectivity index (χ1v) is 8.47. The Hall–Kier alpha value is -0.0600. The standard InChI is InChI=1S/C16H21Cl2FN2.ClH/c17-15-12(3-4-14(19)16(15)18)10-21-7-5-13(6-8-21)20-9-11-1-2-11;/h3-4,11,13,20H,1-2,5-10H2;1H. The summed E-state index contributed by atoms with van der Waals surface area (Å²) in [5, 5.41) is 4.06. The van der Waals surface area contributed by atoms with Gasteiger partial charge in [-0.25, -0.2) is 4.39 Å². The summed E-state index contributed by atoms with van der Waals surface area (Å²) in [4.78, 5) is 2.37. The Labute approximate surface area is 147 Å². The van der Waals surface area contributed by atoms with Crippen LogP contribution in [-0.4, -0.2) is 30.6 Å². The average Bonchev–Trinajstić information content (AvgIpc) is 3.31. The highest BCUT2D eigenvalue weighted by atomic mass is 35.5. The maximum atomic E-state index is 13.3. The summed E-state index contributed by atoms with van der Waals surface area (Å²) >= 11 is 12.0. The van der Waals surface area contributed by atoms with E-state index in [9.17, 15) is 4.39 Å². The number of hydrogen-bond donors (Lipinski definition) is 1. The van der Waals surface area contributed by atoms with E-state index in [1.54, 1.807) is 6.07 Å². The number of likely N-dealkylation sites (tertiary alicyclic amines) is 1. The fraction of sp³-hybridized carbons (Fsp3) is 0.625. The molecule has 1 saturated heterocycles. The van der Waals surface area contributed by atoms with E-state index in [-0.39, 0.29) is 17.4 Å². The largest absolute Gasteiger partial charge is 0.314 e. The second-order valence-corrected chi connectivity index (χ2v) is 6.99. The minimum absolute atomic E-state index is 0. The molecule has 0 unspecified atom stereocenters. The first kappa shape index (κ1) is 18.3. The quantitative estimate of drug-likeness (QED) is 0.770. The molecule has 1 aliphatic carbocycles. The van der Waals surface area contributed by atoms with Crippen LogP contribution in [-0.2, 0) is 6.54 Å². The van der Waals surface area contributed by atoms with Crippen LogP contribution < -0.4 is 5.32 Å². The molecule has 2 fully saturated rings. The van der Waals surface area contributed by atoms with Crippen molar-refractivity contribution in [2.75, 3.05) is 19.6 Å². The molecule has 1 saturated carbocycles. The maximum Gasteiger partial charge on any atom is 0.143 e. The van der Waals surface area contributed by atoms with Gasteiger partial charge in [0, 0.05) is 12.6 Å². The number of benzene rings is 1. The molecule has 0 bridgehead atoms. The smallest absolute Gasteiger partial charge is 0.143 e. The summed E-state index contributed by atoms with van der Waals surface area (Å²) in [5.74, 6) is 0.483. The summed E-state index contributed by atoms with van der Waals surface area (Å²) in [5.41, 5.74) is 0.910. The lowest BCUT2D eigenvalue weighted by atomic mass is 10.0. The number of piperidine rings is 1. The molecule has 1 heterocycles. The second-order valence-electron chi connectivity index (χ2n) is 6.24. The molecule has 2 aliphatic rings. The van der Waals surface area contributed by atoms with Crippen molar-refractivity contribution >= 4 is 35.6 Å². The predicted octanol–water partition coefficient (Wildman–Crippen LogP) is 4.52. The van der Waals surface area contributed by atoms with Gasteiger partial charge in [0.25, 0.3) is 0 Å². The Morgan fingerprint density at radius 3 is 2.41 bits per heavy atom. The van der Waals surface area contributed by atoms with Crippen molar-refractivity contribution in [2.45, 2.75) is 38.3 Å². The third-order valence-corrected chi connectivity index (χ3v) is 5.39. The summed E-state index contributed by atoms with van der Waals surface area (Å²) in [7, 11) is 0. The fourth-order valence-electron chi connectivity index (χ4n) is 2.88. The minimum atomic E-state index is -0.451.